The number of carbonyl (C=O) groups is 1. The highest BCUT2D eigenvalue weighted by Crippen LogP contribution is 2.22. The Balaban J connectivity index is 2.84. The van der Waals surface area contributed by atoms with Crippen molar-refractivity contribution in [2.45, 2.75) is 25.7 Å². The summed E-state index contributed by atoms with van der Waals surface area (Å²) in [6.07, 6.45) is -2.52. The zero-order valence-corrected chi connectivity index (χ0v) is 10.1. The van der Waals surface area contributed by atoms with E-state index in [1.54, 1.807) is 0 Å². The third kappa shape index (κ3) is 3.76. The number of hydrogen-bond donors (Lipinski definition) is 4. The highest BCUT2D eigenvalue weighted by atomic mass is 19.1. The molecule has 0 saturated heterocycles. The van der Waals surface area contributed by atoms with Gasteiger partial charge in [-0.3, -0.25) is 4.79 Å². The molecule has 0 spiro atoms. The lowest BCUT2D eigenvalue weighted by Crippen LogP contribution is -2.34. The van der Waals surface area contributed by atoms with Gasteiger partial charge in [0.2, 0.25) is 5.91 Å². The van der Waals surface area contributed by atoms with Gasteiger partial charge in [0.25, 0.3) is 0 Å². The molecule has 6 heteroatoms. The fourth-order valence-corrected chi connectivity index (χ4v) is 1.59. The second-order valence-electron chi connectivity index (χ2n) is 4.00. The quantitative estimate of drug-likeness (QED) is 0.587. The van der Waals surface area contributed by atoms with E-state index < -0.39 is 18.0 Å². The molecule has 2 unspecified atom stereocenters. The van der Waals surface area contributed by atoms with Crippen molar-refractivity contribution in [3.05, 3.63) is 35.1 Å². The Morgan fingerprint density at radius 2 is 2.17 bits per heavy atom. The fourth-order valence-electron chi connectivity index (χ4n) is 1.59. The van der Waals surface area contributed by atoms with Gasteiger partial charge in [-0.2, -0.15) is 0 Å². The highest BCUT2D eigenvalue weighted by Gasteiger charge is 2.21. The Kier molecular flexibility index (Phi) is 5.21. The van der Waals surface area contributed by atoms with Gasteiger partial charge in [-0.05, 0) is 23.3 Å². The number of amides is 1. The van der Waals surface area contributed by atoms with Crippen molar-refractivity contribution < 1.29 is 19.4 Å². The van der Waals surface area contributed by atoms with Gasteiger partial charge in [0, 0.05) is 20.0 Å². The number of nitrogens with one attached hydrogen (secondary N) is 1. The second-order valence-corrected chi connectivity index (χ2v) is 4.00. The normalized spacial score (nSPS) is 14.1. The van der Waals surface area contributed by atoms with Gasteiger partial charge in [0.05, 0.1) is 0 Å². The molecule has 0 fully saturated rings. The number of halogens is 1. The average molecular weight is 256 g/mol. The number of hydrogen-bond acceptors (Lipinski definition) is 4. The first-order valence-corrected chi connectivity index (χ1v) is 5.54. The van der Waals surface area contributed by atoms with Gasteiger partial charge >= 0.3 is 0 Å². The summed E-state index contributed by atoms with van der Waals surface area (Å²) < 4.78 is 13.1. The van der Waals surface area contributed by atoms with Crippen LogP contribution in [0.2, 0.25) is 0 Å². The van der Waals surface area contributed by atoms with Gasteiger partial charge in [0.15, 0.2) is 0 Å². The molecule has 0 aromatic heterocycles. The summed E-state index contributed by atoms with van der Waals surface area (Å²) >= 11 is 0. The SMILES string of the molecule is CC(=O)NCC(O)C(O)c1cc(F)ccc1CN. The van der Waals surface area contributed by atoms with Crippen LogP contribution in [0.15, 0.2) is 18.2 Å². The highest BCUT2D eigenvalue weighted by molar-refractivity contribution is 5.72. The molecule has 0 aliphatic heterocycles. The molecular formula is C12H17FN2O3. The number of rotatable bonds is 5. The first-order chi connectivity index (χ1) is 8.45. The monoisotopic (exact) mass is 256 g/mol. The van der Waals surface area contributed by atoms with Crippen molar-refractivity contribution in [2.75, 3.05) is 6.54 Å². The van der Waals surface area contributed by atoms with Crippen LogP contribution in [-0.4, -0.2) is 28.8 Å². The summed E-state index contributed by atoms with van der Waals surface area (Å²) in [4.78, 5) is 10.7. The van der Waals surface area contributed by atoms with E-state index in [-0.39, 0.29) is 24.6 Å². The maximum Gasteiger partial charge on any atom is 0.216 e. The molecule has 0 aliphatic carbocycles. The number of aliphatic hydroxyl groups excluding tert-OH is 2. The minimum atomic E-state index is -1.30. The maximum atomic E-state index is 13.1. The van der Waals surface area contributed by atoms with Gasteiger partial charge in [-0.1, -0.05) is 6.07 Å². The van der Waals surface area contributed by atoms with Crippen molar-refractivity contribution in [1.29, 1.82) is 0 Å². The maximum absolute atomic E-state index is 13.1. The molecule has 18 heavy (non-hydrogen) atoms. The molecule has 1 rings (SSSR count). The minimum Gasteiger partial charge on any atom is -0.388 e. The Morgan fingerprint density at radius 3 is 2.72 bits per heavy atom. The molecule has 5 nitrogen and oxygen atoms in total. The van der Waals surface area contributed by atoms with Crippen LogP contribution >= 0.6 is 0 Å². The van der Waals surface area contributed by atoms with Gasteiger partial charge in [0.1, 0.15) is 18.0 Å². The molecule has 0 radical (unpaired) electrons. The number of benzene rings is 1. The van der Waals surface area contributed by atoms with Crippen LogP contribution in [0.1, 0.15) is 24.2 Å². The van der Waals surface area contributed by atoms with Crippen LogP contribution in [0.4, 0.5) is 4.39 Å². The van der Waals surface area contributed by atoms with Crippen molar-refractivity contribution in [3.63, 3.8) is 0 Å². The largest absolute Gasteiger partial charge is 0.388 e. The number of carbonyl (C=O) groups excluding carboxylic acids is 1. The fraction of sp³-hybridized carbons (Fsp3) is 0.417. The van der Waals surface area contributed by atoms with Crippen LogP contribution in [0, 0.1) is 5.82 Å². The molecule has 2 atom stereocenters. The van der Waals surface area contributed by atoms with Gasteiger partial charge < -0.3 is 21.3 Å². The Bertz CT molecular complexity index is 426. The first kappa shape index (κ1) is 14.6. The predicted octanol–water partition coefficient (Wildman–Crippen LogP) is -0.185. The van der Waals surface area contributed by atoms with E-state index >= 15 is 0 Å². The van der Waals surface area contributed by atoms with Crippen molar-refractivity contribution in [3.8, 4) is 0 Å². The summed E-state index contributed by atoms with van der Waals surface area (Å²) in [7, 11) is 0. The smallest absolute Gasteiger partial charge is 0.216 e. The van der Waals surface area contributed by atoms with E-state index in [0.717, 1.165) is 6.07 Å². The summed E-state index contributed by atoms with van der Waals surface area (Å²) in [5.41, 5.74) is 6.25. The van der Waals surface area contributed by atoms with Crippen molar-refractivity contribution in [1.82, 2.24) is 5.32 Å². The van der Waals surface area contributed by atoms with Gasteiger partial charge in [-0.25, -0.2) is 4.39 Å². The molecule has 0 aliphatic rings. The van der Waals surface area contributed by atoms with Crippen LogP contribution in [0.3, 0.4) is 0 Å². The summed E-state index contributed by atoms with van der Waals surface area (Å²) in [6, 6.07) is 3.82. The van der Waals surface area contributed by atoms with Crippen LogP contribution < -0.4 is 11.1 Å². The Labute approximate surface area is 104 Å². The third-order valence-electron chi connectivity index (χ3n) is 2.57. The number of aliphatic hydroxyl groups is 2. The van der Waals surface area contributed by atoms with E-state index in [9.17, 15) is 19.4 Å². The lowest BCUT2D eigenvalue weighted by atomic mass is 9.98. The van der Waals surface area contributed by atoms with Crippen LogP contribution in [0.25, 0.3) is 0 Å². The van der Waals surface area contributed by atoms with Gasteiger partial charge in [-0.15, -0.1) is 0 Å². The molecule has 0 bridgehead atoms. The summed E-state index contributed by atoms with van der Waals surface area (Å²) in [5, 5.41) is 22.0. The topological polar surface area (TPSA) is 95.6 Å². The molecule has 1 amide bonds. The molecule has 0 heterocycles. The Hall–Kier alpha value is -1.50. The van der Waals surface area contributed by atoms with Crippen LogP contribution in [0.5, 0.6) is 0 Å². The first-order valence-electron chi connectivity index (χ1n) is 5.54. The minimum absolute atomic E-state index is 0.114. The zero-order valence-electron chi connectivity index (χ0n) is 10.1. The average Bonchev–Trinajstić information content (AvgIpc) is 2.34. The van der Waals surface area contributed by atoms with Crippen molar-refractivity contribution >= 4 is 5.91 Å². The van der Waals surface area contributed by atoms with E-state index in [1.165, 1.54) is 19.1 Å². The Morgan fingerprint density at radius 1 is 1.50 bits per heavy atom. The molecule has 0 saturated carbocycles. The standard InChI is InChI=1S/C12H17FN2O3/c1-7(16)15-6-11(17)12(18)10-4-9(13)3-2-8(10)5-14/h2-4,11-12,17-18H,5-6,14H2,1H3,(H,15,16). The molecule has 1 aromatic rings. The predicted molar refractivity (Wildman–Crippen MR) is 63.9 cm³/mol. The molecule has 5 N–H and O–H groups in total. The third-order valence-corrected chi connectivity index (χ3v) is 2.57. The van der Waals surface area contributed by atoms with E-state index in [1.807, 2.05) is 0 Å². The lowest BCUT2D eigenvalue weighted by Gasteiger charge is -2.20. The van der Waals surface area contributed by atoms with Crippen LogP contribution in [-0.2, 0) is 11.3 Å². The van der Waals surface area contributed by atoms with E-state index in [4.69, 9.17) is 5.73 Å². The van der Waals surface area contributed by atoms with E-state index in [0.29, 0.717) is 5.56 Å². The zero-order chi connectivity index (χ0) is 13.7. The summed E-state index contributed by atoms with van der Waals surface area (Å²) in [5.74, 6) is -0.840. The molecular weight excluding hydrogens is 239 g/mol. The van der Waals surface area contributed by atoms with Crippen molar-refractivity contribution in [2.24, 2.45) is 5.73 Å². The number of nitrogens with two attached hydrogens (primary N) is 1. The summed E-state index contributed by atoms with van der Waals surface area (Å²) in [6.45, 7) is 1.31. The molecule has 100 valence electrons. The lowest BCUT2D eigenvalue weighted by molar-refractivity contribution is -0.119. The molecule has 1 aromatic carbocycles. The second kappa shape index (κ2) is 6.44. The van der Waals surface area contributed by atoms with E-state index in [2.05, 4.69) is 5.32 Å².